The fourth-order valence-electron chi connectivity index (χ4n) is 3.81. The lowest BCUT2D eigenvalue weighted by Crippen LogP contribution is -2.27. The van der Waals surface area contributed by atoms with E-state index in [9.17, 15) is 4.79 Å². The summed E-state index contributed by atoms with van der Waals surface area (Å²) < 4.78 is 0. The molecule has 3 nitrogen and oxygen atoms in total. The first-order valence-corrected chi connectivity index (χ1v) is 7.79. The zero-order chi connectivity index (χ0) is 13.9. The van der Waals surface area contributed by atoms with E-state index in [1.54, 1.807) is 0 Å². The van der Waals surface area contributed by atoms with E-state index in [2.05, 4.69) is 29.2 Å². The average Bonchev–Trinajstić information content (AvgIpc) is 3.06. The molecule has 1 saturated carbocycles. The van der Waals surface area contributed by atoms with Crippen LogP contribution in [0.25, 0.3) is 0 Å². The maximum atomic E-state index is 10.8. The van der Waals surface area contributed by atoms with Crippen molar-refractivity contribution in [3.8, 4) is 0 Å². The van der Waals surface area contributed by atoms with E-state index < -0.39 is 5.97 Å². The van der Waals surface area contributed by atoms with E-state index in [1.807, 2.05) is 0 Å². The van der Waals surface area contributed by atoms with Gasteiger partial charge in [-0.15, -0.1) is 0 Å². The first-order valence-electron chi connectivity index (χ1n) is 7.79. The summed E-state index contributed by atoms with van der Waals surface area (Å²) in [7, 11) is 0. The molecule has 1 unspecified atom stereocenters. The van der Waals surface area contributed by atoms with Gasteiger partial charge in [0.05, 0.1) is 0 Å². The van der Waals surface area contributed by atoms with Crippen LogP contribution in [0.2, 0.25) is 0 Å². The quantitative estimate of drug-likeness (QED) is 0.890. The third-order valence-electron chi connectivity index (χ3n) is 4.82. The minimum atomic E-state index is -0.684. The van der Waals surface area contributed by atoms with E-state index in [1.165, 1.54) is 36.9 Å². The number of nitrogens with zero attached hydrogens (tertiary/aromatic N) is 1. The van der Waals surface area contributed by atoms with Crippen LogP contribution in [0.4, 0.5) is 5.69 Å². The average molecular weight is 273 g/mol. The Morgan fingerprint density at radius 1 is 1.25 bits per heavy atom. The topological polar surface area (TPSA) is 40.5 Å². The molecule has 0 radical (unpaired) electrons. The number of hydrogen-bond donors (Lipinski definition) is 1. The van der Waals surface area contributed by atoms with Gasteiger partial charge in [0, 0.05) is 31.1 Å². The van der Waals surface area contributed by atoms with Crippen LogP contribution in [0, 0.1) is 5.92 Å². The first-order chi connectivity index (χ1) is 9.74. The number of para-hydroxylation sites is 1. The molecule has 2 aliphatic rings. The lowest BCUT2D eigenvalue weighted by molar-refractivity contribution is -0.137. The summed E-state index contributed by atoms with van der Waals surface area (Å²) >= 11 is 0. The number of carbonyl (C=O) groups is 1. The first kappa shape index (κ1) is 13.5. The van der Waals surface area contributed by atoms with E-state index in [-0.39, 0.29) is 6.42 Å². The third-order valence-corrected chi connectivity index (χ3v) is 4.82. The maximum absolute atomic E-state index is 10.8. The largest absolute Gasteiger partial charge is 0.481 e. The minimum Gasteiger partial charge on any atom is -0.481 e. The second-order valence-corrected chi connectivity index (χ2v) is 6.24. The van der Waals surface area contributed by atoms with Gasteiger partial charge in [-0.1, -0.05) is 31.0 Å². The molecule has 1 fully saturated rings. The molecule has 0 saturated heterocycles. The normalized spacial score (nSPS) is 22.2. The van der Waals surface area contributed by atoms with Crippen molar-refractivity contribution < 1.29 is 9.90 Å². The molecule has 0 bridgehead atoms. The van der Waals surface area contributed by atoms with Gasteiger partial charge in [0.15, 0.2) is 0 Å². The number of carboxylic acid groups (broad SMARTS) is 1. The fraction of sp³-hybridized carbons (Fsp3) is 0.588. The van der Waals surface area contributed by atoms with Crippen LogP contribution in [0.15, 0.2) is 24.3 Å². The predicted octanol–water partition coefficient (Wildman–Crippen LogP) is 3.65. The van der Waals surface area contributed by atoms with Crippen molar-refractivity contribution in [1.29, 1.82) is 0 Å². The van der Waals surface area contributed by atoms with Gasteiger partial charge >= 0.3 is 5.97 Å². The summed E-state index contributed by atoms with van der Waals surface area (Å²) in [5.41, 5.74) is 2.70. The zero-order valence-corrected chi connectivity index (χ0v) is 11.9. The number of rotatable bonds is 5. The third kappa shape index (κ3) is 2.82. The molecular formula is C17H23NO2. The van der Waals surface area contributed by atoms with Crippen LogP contribution in [0.1, 0.15) is 50.0 Å². The van der Waals surface area contributed by atoms with Crippen LogP contribution in [-0.4, -0.2) is 24.2 Å². The summed E-state index contributed by atoms with van der Waals surface area (Å²) in [6, 6.07) is 8.55. The molecule has 1 N–H and O–H groups in total. The second-order valence-electron chi connectivity index (χ2n) is 6.24. The van der Waals surface area contributed by atoms with Crippen LogP contribution in [-0.2, 0) is 4.79 Å². The highest BCUT2D eigenvalue weighted by Crippen LogP contribution is 2.40. The highest BCUT2D eigenvalue weighted by Gasteiger charge is 2.30. The number of anilines is 1. The van der Waals surface area contributed by atoms with Crippen molar-refractivity contribution in [2.75, 3.05) is 18.0 Å². The zero-order valence-electron chi connectivity index (χ0n) is 11.9. The lowest BCUT2D eigenvalue weighted by atomic mass is 9.96. The van der Waals surface area contributed by atoms with Crippen molar-refractivity contribution in [2.45, 2.75) is 44.4 Å². The summed E-state index contributed by atoms with van der Waals surface area (Å²) in [5.74, 6) is 0.543. The van der Waals surface area contributed by atoms with Crippen molar-refractivity contribution in [3.63, 3.8) is 0 Å². The lowest BCUT2D eigenvalue weighted by Gasteiger charge is -2.23. The van der Waals surface area contributed by atoms with Gasteiger partial charge in [-0.3, -0.25) is 4.79 Å². The van der Waals surface area contributed by atoms with E-state index >= 15 is 0 Å². The summed E-state index contributed by atoms with van der Waals surface area (Å²) in [6.45, 7) is 2.16. The Bertz CT molecular complexity index is 480. The van der Waals surface area contributed by atoms with Gasteiger partial charge in [0.1, 0.15) is 0 Å². The Morgan fingerprint density at radius 3 is 2.75 bits per heavy atom. The highest BCUT2D eigenvalue weighted by molar-refractivity contribution is 5.67. The highest BCUT2D eigenvalue weighted by atomic mass is 16.4. The summed E-state index contributed by atoms with van der Waals surface area (Å²) in [4.78, 5) is 13.3. The van der Waals surface area contributed by atoms with Crippen molar-refractivity contribution >= 4 is 11.7 Å². The molecule has 1 aliphatic carbocycles. The molecule has 1 heterocycles. The number of benzene rings is 1. The molecule has 0 amide bonds. The van der Waals surface area contributed by atoms with Gasteiger partial charge in [0.2, 0.25) is 0 Å². The molecule has 108 valence electrons. The summed E-state index contributed by atoms with van der Waals surface area (Å²) in [6.07, 6.45) is 6.51. The SMILES string of the molecule is O=C(O)CCC1CN(CC2CCCC2)c2ccccc21. The minimum absolute atomic E-state index is 0.274. The molecule has 3 rings (SSSR count). The molecule has 1 aromatic carbocycles. The van der Waals surface area contributed by atoms with Gasteiger partial charge in [0.25, 0.3) is 0 Å². The maximum Gasteiger partial charge on any atom is 0.303 e. The Kier molecular flexibility index (Phi) is 3.95. The Morgan fingerprint density at radius 2 is 2.00 bits per heavy atom. The summed E-state index contributed by atoms with van der Waals surface area (Å²) in [5, 5.41) is 8.90. The van der Waals surface area contributed by atoms with E-state index in [0.29, 0.717) is 5.92 Å². The Labute approximate surface area is 120 Å². The monoisotopic (exact) mass is 273 g/mol. The van der Waals surface area contributed by atoms with Gasteiger partial charge in [-0.25, -0.2) is 0 Å². The smallest absolute Gasteiger partial charge is 0.303 e. The van der Waals surface area contributed by atoms with Crippen LogP contribution < -0.4 is 4.90 Å². The molecule has 0 spiro atoms. The van der Waals surface area contributed by atoms with Gasteiger partial charge in [-0.05, 0) is 36.8 Å². The number of fused-ring (bicyclic) bond motifs is 1. The van der Waals surface area contributed by atoms with E-state index in [0.717, 1.165) is 25.4 Å². The van der Waals surface area contributed by atoms with Crippen LogP contribution in [0.5, 0.6) is 0 Å². The van der Waals surface area contributed by atoms with Crippen LogP contribution in [0.3, 0.4) is 0 Å². The van der Waals surface area contributed by atoms with Crippen LogP contribution >= 0.6 is 0 Å². The molecule has 1 atom stereocenters. The molecule has 1 aliphatic heterocycles. The second kappa shape index (κ2) is 5.86. The number of aliphatic carboxylic acids is 1. The molecule has 1 aromatic rings. The van der Waals surface area contributed by atoms with Crippen molar-refractivity contribution in [3.05, 3.63) is 29.8 Å². The standard InChI is InChI=1S/C17H23NO2/c19-17(20)10-9-14-12-18(11-13-5-1-2-6-13)16-8-4-3-7-15(14)16/h3-4,7-8,13-14H,1-2,5-6,9-12H2,(H,19,20). The predicted molar refractivity (Wildman–Crippen MR) is 80.2 cm³/mol. The Hall–Kier alpha value is -1.51. The van der Waals surface area contributed by atoms with Gasteiger partial charge < -0.3 is 10.0 Å². The van der Waals surface area contributed by atoms with Crippen molar-refractivity contribution in [1.82, 2.24) is 0 Å². The van der Waals surface area contributed by atoms with E-state index in [4.69, 9.17) is 5.11 Å². The molecular weight excluding hydrogens is 250 g/mol. The van der Waals surface area contributed by atoms with Crippen molar-refractivity contribution in [2.24, 2.45) is 5.92 Å². The Balaban J connectivity index is 1.71. The molecule has 0 aromatic heterocycles. The number of hydrogen-bond acceptors (Lipinski definition) is 2. The molecule has 20 heavy (non-hydrogen) atoms. The number of carboxylic acids is 1. The fourth-order valence-corrected chi connectivity index (χ4v) is 3.81. The molecule has 3 heteroatoms. The van der Waals surface area contributed by atoms with Gasteiger partial charge in [-0.2, -0.15) is 0 Å².